The third-order valence-electron chi connectivity index (χ3n) is 8.90. The fourth-order valence-electron chi connectivity index (χ4n) is 6.49. The summed E-state index contributed by atoms with van der Waals surface area (Å²) in [6.45, 7) is 7.77. The highest BCUT2D eigenvalue weighted by molar-refractivity contribution is 7.44. The first-order valence-corrected chi connectivity index (χ1v) is 18.5. The SMILES string of the molecule is COc1ccc(C(OC[C@H]2O[C@@H](n3ccc(=O)[nH]c3=O)[C@@H](F)[C@H]2OP(OCCC#N)N(C(C)C)C(C)C)(c2ccccc2)c2ccc(OC)cc2)cc1. The number of ether oxygens (including phenoxy) is 4. The molecule has 12 nitrogen and oxygen atoms in total. The molecule has 282 valence electrons. The molecule has 1 fully saturated rings. The second kappa shape index (κ2) is 18.1. The van der Waals surface area contributed by atoms with Gasteiger partial charge in [-0.1, -0.05) is 54.6 Å². The first-order chi connectivity index (χ1) is 25.5. The van der Waals surface area contributed by atoms with E-state index in [1.807, 2.05) is 111 Å². The van der Waals surface area contributed by atoms with Crippen LogP contribution in [0, 0.1) is 11.3 Å². The van der Waals surface area contributed by atoms with Gasteiger partial charge in [0.15, 0.2) is 12.4 Å². The van der Waals surface area contributed by atoms with E-state index in [0.717, 1.165) is 27.3 Å². The number of nitriles is 1. The topological polar surface area (TPSA) is 137 Å². The molecule has 1 N–H and O–H groups in total. The Morgan fingerprint density at radius 1 is 0.906 bits per heavy atom. The van der Waals surface area contributed by atoms with Crippen molar-refractivity contribution >= 4 is 8.53 Å². The maximum absolute atomic E-state index is 16.9. The molecule has 0 saturated carbocycles. The van der Waals surface area contributed by atoms with Crippen LogP contribution in [0.4, 0.5) is 4.39 Å². The zero-order valence-electron chi connectivity index (χ0n) is 30.7. The second-order valence-corrected chi connectivity index (χ2v) is 14.4. The molecular weight excluding hydrogens is 702 g/mol. The number of aromatic amines is 1. The molecule has 0 radical (unpaired) electrons. The quantitative estimate of drug-likeness (QED) is 0.0728. The highest BCUT2D eigenvalue weighted by Crippen LogP contribution is 2.51. The van der Waals surface area contributed by atoms with E-state index in [1.165, 1.54) is 6.20 Å². The summed E-state index contributed by atoms with van der Waals surface area (Å²) in [6, 6.07) is 27.7. The number of nitrogens with zero attached hydrogens (tertiary/aromatic N) is 3. The standard InChI is InChI=1S/C39H46FN4O8P/c1-26(2)44(27(3)4)53(50-24-10-22-41)52-36-33(51-37(35(36)40)43-23-21-34(45)42-38(43)46)25-49-39(28-11-8-7-9-12-28,29-13-17-31(47-5)18-14-29)30-15-19-32(48-6)20-16-30/h7-9,11-21,23,26-27,33,35-37H,10,24-25H2,1-6H3,(H,42,45,46)/t33-,35+,36+,37-,53?/m1/s1. The van der Waals surface area contributed by atoms with Gasteiger partial charge in [-0.25, -0.2) is 13.9 Å². The number of H-pyrrole nitrogens is 1. The van der Waals surface area contributed by atoms with Crippen LogP contribution < -0.4 is 20.7 Å². The van der Waals surface area contributed by atoms with Gasteiger partial charge < -0.3 is 28.0 Å². The Kier molecular flexibility index (Phi) is 13.6. The molecule has 0 bridgehead atoms. The van der Waals surface area contributed by atoms with E-state index < -0.39 is 50.0 Å². The van der Waals surface area contributed by atoms with Gasteiger partial charge in [-0.3, -0.25) is 14.3 Å². The average Bonchev–Trinajstić information content (AvgIpc) is 3.46. The summed E-state index contributed by atoms with van der Waals surface area (Å²) in [5, 5.41) is 9.25. The summed E-state index contributed by atoms with van der Waals surface area (Å²) in [7, 11) is 1.25. The van der Waals surface area contributed by atoms with Crippen LogP contribution in [0.15, 0.2) is 101 Å². The molecule has 5 rings (SSSR count). The fraction of sp³-hybridized carbons (Fsp3) is 0.410. The number of methoxy groups -OCH3 is 2. The van der Waals surface area contributed by atoms with E-state index in [1.54, 1.807) is 14.2 Å². The van der Waals surface area contributed by atoms with Crippen molar-refractivity contribution in [3.05, 3.63) is 129 Å². The minimum absolute atomic E-state index is 0.0632. The zero-order valence-corrected chi connectivity index (χ0v) is 31.6. The smallest absolute Gasteiger partial charge is 0.330 e. The molecule has 2 heterocycles. The predicted molar refractivity (Wildman–Crippen MR) is 198 cm³/mol. The van der Waals surface area contributed by atoms with Gasteiger partial charge in [-0.2, -0.15) is 5.26 Å². The minimum atomic E-state index is -1.93. The van der Waals surface area contributed by atoms with Crippen LogP contribution in [0.3, 0.4) is 0 Å². The van der Waals surface area contributed by atoms with Gasteiger partial charge in [0.25, 0.3) is 14.1 Å². The van der Waals surface area contributed by atoms with Crippen LogP contribution >= 0.6 is 8.53 Å². The van der Waals surface area contributed by atoms with Crippen molar-refractivity contribution in [1.29, 1.82) is 5.26 Å². The predicted octanol–water partition coefficient (Wildman–Crippen LogP) is 6.46. The molecule has 3 aromatic carbocycles. The molecule has 1 aliphatic heterocycles. The zero-order chi connectivity index (χ0) is 38.1. The molecule has 1 saturated heterocycles. The Balaban J connectivity index is 1.62. The number of nitrogens with one attached hydrogen (secondary N) is 1. The summed E-state index contributed by atoms with van der Waals surface area (Å²) in [5.74, 6) is 1.30. The number of aromatic nitrogens is 2. The Bertz CT molecular complexity index is 1860. The third kappa shape index (κ3) is 8.87. The lowest BCUT2D eigenvalue weighted by Gasteiger charge is -2.39. The van der Waals surface area contributed by atoms with Crippen molar-refractivity contribution in [3.63, 3.8) is 0 Å². The van der Waals surface area contributed by atoms with Gasteiger partial charge in [-0.05, 0) is 68.7 Å². The van der Waals surface area contributed by atoms with E-state index in [0.29, 0.717) is 11.5 Å². The normalized spacial score (nSPS) is 19.4. The van der Waals surface area contributed by atoms with Crippen LogP contribution in [-0.4, -0.2) is 72.1 Å². The Morgan fingerprint density at radius 2 is 1.47 bits per heavy atom. The highest BCUT2D eigenvalue weighted by Gasteiger charge is 2.51. The molecule has 53 heavy (non-hydrogen) atoms. The Labute approximate surface area is 310 Å². The van der Waals surface area contributed by atoms with Crippen molar-refractivity contribution in [2.45, 2.75) is 76.4 Å². The van der Waals surface area contributed by atoms with Crippen molar-refractivity contribution in [2.75, 3.05) is 27.4 Å². The largest absolute Gasteiger partial charge is 0.497 e. The molecule has 5 atom stereocenters. The fourth-order valence-corrected chi connectivity index (χ4v) is 8.25. The maximum atomic E-state index is 16.9. The highest BCUT2D eigenvalue weighted by atomic mass is 31.2. The Hall–Kier alpha value is -4.41. The molecule has 14 heteroatoms. The monoisotopic (exact) mass is 748 g/mol. The van der Waals surface area contributed by atoms with Gasteiger partial charge >= 0.3 is 5.69 Å². The van der Waals surface area contributed by atoms with Crippen LogP contribution in [0.25, 0.3) is 0 Å². The summed E-state index contributed by atoms with van der Waals surface area (Å²) in [5.41, 5.74) is -0.435. The number of alkyl halides is 1. The maximum Gasteiger partial charge on any atom is 0.330 e. The number of benzene rings is 3. The molecule has 0 aliphatic carbocycles. The molecule has 0 amide bonds. The molecular formula is C39H46FN4O8P. The first-order valence-electron chi connectivity index (χ1n) is 17.4. The van der Waals surface area contributed by atoms with Crippen LogP contribution in [0.2, 0.25) is 0 Å². The lowest BCUT2D eigenvalue weighted by molar-refractivity contribution is -0.0934. The van der Waals surface area contributed by atoms with Gasteiger partial charge in [0.2, 0.25) is 0 Å². The van der Waals surface area contributed by atoms with E-state index in [9.17, 15) is 14.9 Å². The van der Waals surface area contributed by atoms with Gasteiger partial charge in [0.1, 0.15) is 29.3 Å². The van der Waals surface area contributed by atoms with Crippen LogP contribution in [-0.2, 0) is 24.1 Å². The summed E-state index contributed by atoms with van der Waals surface area (Å²) >= 11 is 0. The summed E-state index contributed by atoms with van der Waals surface area (Å²) in [6.07, 6.45) is -4.44. The van der Waals surface area contributed by atoms with Crippen LogP contribution in [0.5, 0.6) is 11.5 Å². The number of rotatable bonds is 17. The lowest BCUT2D eigenvalue weighted by atomic mass is 9.80. The number of hydrogen-bond donors (Lipinski definition) is 1. The molecule has 1 aliphatic rings. The van der Waals surface area contributed by atoms with E-state index in [2.05, 4.69) is 11.1 Å². The van der Waals surface area contributed by atoms with Gasteiger partial charge in [-0.15, -0.1) is 0 Å². The number of halogens is 1. The van der Waals surface area contributed by atoms with Crippen molar-refractivity contribution < 1.29 is 32.4 Å². The van der Waals surface area contributed by atoms with Gasteiger partial charge in [0.05, 0.1) is 39.9 Å². The van der Waals surface area contributed by atoms with Gasteiger partial charge in [0, 0.05) is 24.3 Å². The lowest BCUT2D eigenvalue weighted by Crippen LogP contribution is -2.41. The Morgan fingerprint density at radius 3 is 1.98 bits per heavy atom. The molecule has 1 unspecified atom stereocenters. The molecule has 1 aromatic heterocycles. The third-order valence-corrected chi connectivity index (χ3v) is 11.0. The van der Waals surface area contributed by atoms with Crippen LogP contribution in [0.1, 0.15) is 57.0 Å². The average molecular weight is 749 g/mol. The van der Waals surface area contributed by atoms with E-state index in [-0.39, 0.29) is 31.7 Å². The second-order valence-electron chi connectivity index (χ2n) is 13.0. The van der Waals surface area contributed by atoms with E-state index >= 15 is 4.39 Å². The summed E-state index contributed by atoms with van der Waals surface area (Å²) < 4.78 is 57.0. The van der Waals surface area contributed by atoms with E-state index in [4.69, 9.17) is 28.0 Å². The molecule has 0 spiro atoms. The van der Waals surface area contributed by atoms with Crippen molar-refractivity contribution in [1.82, 2.24) is 14.2 Å². The minimum Gasteiger partial charge on any atom is -0.497 e. The molecule has 4 aromatic rings. The summed E-state index contributed by atoms with van der Waals surface area (Å²) in [4.78, 5) is 27.1. The first kappa shape index (κ1) is 39.8. The van der Waals surface area contributed by atoms with Crippen molar-refractivity contribution in [3.8, 4) is 17.6 Å². The van der Waals surface area contributed by atoms with Crippen molar-refractivity contribution in [2.24, 2.45) is 0 Å². The number of hydrogen-bond acceptors (Lipinski definition) is 10.